The van der Waals surface area contributed by atoms with E-state index in [0.717, 1.165) is 8.61 Å². The Morgan fingerprint density at radius 3 is 2.05 bits per heavy atom. The Bertz CT molecular complexity index is 1720. The summed E-state index contributed by atoms with van der Waals surface area (Å²) < 4.78 is 55.5. The highest BCUT2D eigenvalue weighted by molar-refractivity contribution is 7.89. The molecule has 0 bridgehead atoms. The van der Waals surface area contributed by atoms with Crippen LogP contribution in [-0.2, 0) is 24.8 Å². The Kier molecular flexibility index (Phi) is 6.84. The average Bonchev–Trinajstić information content (AvgIpc) is 3.27. The van der Waals surface area contributed by atoms with Crippen LogP contribution in [0.2, 0.25) is 0 Å². The summed E-state index contributed by atoms with van der Waals surface area (Å²) in [5, 5.41) is 18.4. The van der Waals surface area contributed by atoms with E-state index in [4.69, 9.17) is 0 Å². The number of aromatic amines is 1. The van der Waals surface area contributed by atoms with Gasteiger partial charge in [-0.05, 0) is 30.3 Å². The quantitative estimate of drug-likeness (QED) is 0.350. The number of rotatable bonds is 6. The largest absolute Gasteiger partial charge is 0.493 e. The number of aromatic nitrogens is 1. The zero-order chi connectivity index (χ0) is 26.9. The number of para-hydroxylation sites is 1. The number of aromatic hydroxyl groups is 1. The Morgan fingerprint density at radius 1 is 0.816 bits per heavy atom. The maximum Gasteiger partial charge on any atom is 0.284 e. The van der Waals surface area contributed by atoms with Crippen molar-refractivity contribution in [1.29, 1.82) is 0 Å². The van der Waals surface area contributed by atoms with Gasteiger partial charge in [0.05, 0.1) is 15.3 Å². The van der Waals surface area contributed by atoms with Crippen molar-refractivity contribution in [2.75, 3.05) is 19.6 Å². The van der Waals surface area contributed by atoms with E-state index in [1.807, 2.05) is 0 Å². The lowest BCUT2D eigenvalue weighted by Gasteiger charge is -2.38. The number of piperazine rings is 1. The fourth-order valence-electron chi connectivity index (χ4n) is 4.30. The summed E-state index contributed by atoms with van der Waals surface area (Å²) in [7, 11) is -8.18. The van der Waals surface area contributed by atoms with E-state index in [0.29, 0.717) is 10.9 Å². The molecule has 3 aromatic carbocycles. The topological polar surface area (TPSA) is 153 Å². The van der Waals surface area contributed by atoms with Crippen molar-refractivity contribution in [3.63, 3.8) is 0 Å². The van der Waals surface area contributed by atoms with Crippen molar-refractivity contribution in [3.05, 3.63) is 84.9 Å². The van der Waals surface area contributed by atoms with Gasteiger partial charge in [0.2, 0.25) is 25.9 Å². The molecule has 1 amide bonds. The fraction of sp³-hybridized carbons (Fsp3) is 0.160. The number of sulfonamides is 2. The van der Waals surface area contributed by atoms with Crippen molar-refractivity contribution in [3.8, 4) is 5.88 Å². The normalized spacial score (nSPS) is 17.7. The lowest BCUT2D eigenvalue weighted by atomic mass is 10.2. The molecule has 2 heterocycles. The summed E-state index contributed by atoms with van der Waals surface area (Å²) in [6.45, 7) is -0.887. The van der Waals surface area contributed by atoms with Gasteiger partial charge in [0.1, 0.15) is 6.04 Å². The van der Waals surface area contributed by atoms with Crippen LogP contribution in [0.4, 0.5) is 5.69 Å². The van der Waals surface area contributed by atoms with Gasteiger partial charge < -0.3 is 10.1 Å². The molecular formula is C25H23N5O6S2. The highest BCUT2D eigenvalue weighted by atomic mass is 32.2. The van der Waals surface area contributed by atoms with Crippen LogP contribution in [0, 0.1) is 0 Å². The average molecular weight is 554 g/mol. The number of carbonyl (C=O) groups excluding carboxylic acids is 1. The van der Waals surface area contributed by atoms with Gasteiger partial charge >= 0.3 is 0 Å². The van der Waals surface area contributed by atoms with Crippen LogP contribution in [0.3, 0.4) is 0 Å². The number of hydrogen-bond donors (Lipinski definition) is 2. The molecule has 38 heavy (non-hydrogen) atoms. The smallest absolute Gasteiger partial charge is 0.284 e. The maximum atomic E-state index is 13.5. The third-order valence-corrected chi connectivity index (χ3v) is 10.0. The van der Waals surface area contributed by atoms with E-state index in [2.05, 4.69) is 15.2 Å². The molecule has 0 radical (unpaired) electrons. The highest BCUT2D eigenvalue weighted by Crippen LogP contribution is 2.35. The standard InChI is InChI=1S/C25H23N5O6S2/c31-24(28-27-23-20-13-7-8-14-21(20)26-25(23)32)22-17-29(37(33,34)18-9-3-1-4-10-18)15-16-30(22)38(35,36)19-11-5-2-6-12-19/h1-14,22,26,32H,15-17H2/t22-/m0/s1. The first-order valence-corrected chi connectivity index (χ1v) is 14.4. The number of nitrogens with zero attached hydrogens (tertiary/aromatic N) is 4. The number of azo groups is 1. The molecule has 1 atom stereocenters. The van der Waals surface area contributed by atoms with Gasteiger partial charge in [-0.2, -0.15) is 8.61 Å². The first-order valence-electron chi connectivity index (χ1n) is 11.6. The Hall–Kier alpha value is -3.91. The van der Waals surface area contributed by atoms with Crippen LogP contribution in [-0.4, -0.2) is 67.1 Å². The second-order valence-corrected chi connectivity index (χ2v) is 12.4. The predicted molar refractivity (Wildman–Crippen MR) is 139 cm³/mol. The molecule has 0 unspecified atom stereocenters. The zero-order valence-corrected chi connectivity index (χ0v) is 21.5. The molecule has 1 aliphatic rings. The number of amides is 1. The molecule has 4 aromatic rings. The second kappa shape index (κ2) is 10.1. The minimum atomic E-state index is -4.17. The number of H-pyrrole nitrogens is 1. The molecule has 0 spiro atoms. The number of hydrogen-bond acceptors (Lipinski definition) is 7. The fourth-order valence-corrected chi connectivity index (χ4v) is 7.34. The first kappa shape index (κ1) is 25.7. The van der Waals surface area contributed by atoms with Crippen LogP contribution >= 0.6 is 0 Å². The van der Waals surface area contributed by atoms with Gasteiger partial charge in [0, 0.05) is 25.0 Å². The van der Waals surface area contributed by atoms with Crippen LogP contribution in [0.5, 0.6) is 5.88 Å². The molecule has 0 saturated carbocycles. The predicted octanol–water partition coefficient (Wildman–Crippen LogP) is 3.25. The summed E-state index contributed by atoms with van der Waals surface area (Å²) in [5.74, 6) is -1.28. The van der Waals surface area contributed by atoms with Crippen molar-refractivity contribution in [1.82, 2.24) is 13.6 Å². The van der Waals surface area contributed by atoms with Gasteiger partial charge in [-0.25, -0.2) is 16.8 Å². The van der Waals surface area contributed by atoms with E-state index in [9.17, 15) is 26.7 Å². The summed E-state index contributed by atoms with van der Waals surface area (Å²) in [5.41, 5.74) is 0.577. The van der Waals surface area contributed by atoms with Crippen LogP contribution < -0.4 is 0 Å². The molecule has 11 nitrogen and oxygen atoms in total. The van der Waals surface area contributed by atoms with Gasteiger partial charge in [-0.3, -0.25) is 4.79 Å². The molecule has 1 aliphatic heterocycles. The van der Waals surface area contributed by atoms with E-state index in [1.54, 1.807) is 60.7 Å². The van der Waals surface area contributed by atoms with E-state index in [-0.39, 0.29) is 34.4 Å². The van der Waals surface area contributed by atoms with Crippen molar-refractivity contribution < 1.29 is 26.7 Å². The van der Waals surface area contributed by atoms with Crippen LogP contribution in [0.15, 0.2) is 105 Å². The van der Waals surface area contributed by atoms with Gasteiger partial charge in [-0.1, -0.05) is 54.6 Å². The van der Waals surface area contributed by atoms with Crippen molar-refractivity contribution in [2.24, 2.45) is 10.2 Å². The third kappa shape index (κ3) is 4.72. The van der Waals surface area contributed by atoms with Crippen LogP contribution in [0.25, 0.3) is 10.9 Å². The minimum Gasteiger partial charge on any atom is -0.493 e. The van der Waals surface area contributed by atoms with E-state index >= 15 is 0 Å². The molecule has 1 fully saturated rings. The molecule has 196 valence electrons. The minimum absolute atomic E-state index is 0.0102. The molecule has 1 aromatic heterocycles. The molecule has 2 N–H and O–H groups in total. The van der Waals surface area contributed by atoms with Crippen molar-refractivity contribution >= 4 is 42.5 Å². The highest BCUT2D eigenvalue weighted by Gasteiger charge is 2.43. The zero-order valence-electron chi connectivity index (χ0n) is 19.9. The molecule has 13 heteroatoms. The maximum absolute atomic E-state index is 13.5. The molecular weight excluding hydrogens is 530 g/mol. The molecule has 0 aliphatic carbocycles. The first-order chi connectivity index (χ1) is 18.2. The number of fused-ring (bicyclic) bond motifs is 1. The van der Waals surface area contributed by atoms with Gasteiger partial charge in [-0.15, -0.1) is 10.2 Å². The molecule has 5 rings (SSSR count). The summed E-state index contributed by atoms with van der Waals surface area (Å²) in [6.07, 6.45) is 0. The van der Waals surface area contributed by atoms with Crippen molar-refractivity contribution in [2.45, 2.75) is 15.8 Å². The second-order valence-electron chi connectivity index (χ2n) is 8.53. The third-order valence-electron chi connectivity index (χ3n) is 6.22. The summed E-state index contributed by atoms with van der Waals surface area (Å²) >= 11 is 0. The summed E-state index contributed by atoms with van der Waals surface area (Å²) in [6, 6.07) is 20.6. The Morgan fingerprint density at radius 2 is 1.39 bits per heavy atom. The van der Waals surface area contributed by atoms with E-state index < -0.39 is 38.5 Å². The Balaban J connectivity index is 1.51. The Labute approximate surface area is 219 Å². The summed E-state index contributed by atoms with van der Waals surface area (Å²) in [4.78, 5) is 16.1. The number of benzene rings is 3. The van der Waals surface area contributed by atoms with E-state index in [1.165, 1.54) is 24.3 Å². The lowest BCUT2D eigenvalue weighted by Crippen LogP contribution is -2.58. The molecule has 1 saturated heterocycles. The van der Waals surface area contributed by atoms with Gasteiger partial charge in [0.25, 0.3) is 5.91 Å². The van der Waals surface area contributed by atoms with Crippen LogP contribution in [0.1, 0.15) is 0 Å². The SMILES string of the molecule is O=C(N=Nc1c(O)[nH]c2ccccc12)[C@@H]1CN(S(=O)(=O)c2ccccc2)CCN1S(=O)(=O)c1ccccc1. The monoisotopic (exact) mass is 553 g/mol. The lowest BCUT2D eigenvalue weighted by molar-refractivity contribution is -0.122. The van der Waals surface area contributed by atoms with Gasteiger partial charge in [0.15, 0.2) is 5.69 Å². The number of carbonyl (C=O) groups is 1. The number of nitrogens with one attached hydrogen (secondary N) is 1.